The maximum Gasteiger partial charge on any atom is 0.257 e. The number of rotatable bonds is 8. The van der Waals surface area contributed by atoms with Gasteiger partial charge in [0, 0.05) is 17.5 Å². The van der Waals surface area contributed by atoms with Crippen LogP contribution in [-0.4, -0.2) is 43.3 Å². The third-order valence-corrected chi connectivity index (χ3v) is 6.32. The number of carbonyl (C=O) groups excluding carboxylic acids is 2. The summed E-state index contributed by atoms with van der Waals surface area (Å²) in [7, 11) is -3.46. The highest BCUT2D eigenvalue weighted by Crippen LogP contribution is 2.31. The van der Waals surface area contributed by atoms with Crippen LogP contribution < -0.4 is 15.5 Å². The number of nitrogens with one attached hydrogen (secondary N) is 2. The first-order chi connectivity index (χ1) is 16.1. The molecular weight excluding hydrogens is 505 g/mol. The summed E-state index contributed by atoms with van der Waals surface area (Å²) in [6.07, 6.45) is 2.49. The van der Waals surface area contributed by atoms with E-state index >= 15 is 0 Å². The van der Waals surface area contributed by atoms with Crippen LogP contribution in [0.5, 0.6) is 5.75 Å². The highest BCUT2D eigenvalue weighted by molar-refractivity contribution is 7.90. The largest absolute Gasteiger partial charge is 0.491 e. The number of sulfone groups is 1. The molecule has 9 nitrogen and oxygen atoms in total. The fourth-order valence-corrected chi connectivity index (χ4v) is 4.04. The molecule has 1 heterocycles. The fraction of sp³-hybridized carbons (Fsp3) is 0.136. The minimum atomic E-state index is -3.46. The van der Waals surface area contributed by atoms with Gasteiger partial charge in [0.2, 0.25) is 5.91 Å². The van der Waals surface area contributed by atoms with E-state index < -0.39 is 21.7 Å². The van der Waals surface area contributed by atoms with Crippen molar-refractivity contribution >= 4 is 50.5 Å². The lowest BCUT2D eigenvalue weighted by molar-refractivity contribution is -0.129. The Morgan fingerprint density at radius 1 is 1.06 bits per heavy atom. The maximum absolute atomic E-state index is 12.7. The molecule has 12 heteroatoms. The molecule has 0 spiro atoms. The van der Waals surface area contributed by atoms with Gasteiger partial charge in [-0.1, -0.05) is 23.2 Å². The quantitative estimate of drug-likeness (QED) is 0.300. The van der Waals surface area contributed by atoms with E-state index in [0.29, 0.717) is 27.7 Å². The van der Waals surface area contributed by atoms with Crippen molar-refractivity contribution in [3.05, 3.63) is 70.3 Å². The van der Waals surface area contributed by atoms with Crippen LogP contribution in [0.4, 0.5) is 5.69 Å². The zero-order valence-electron chi connectivity index (χ0n) is 17.7. The van der Waals surface area contributed by atoms with Crippen molar-refractivity contribution in [1.29, 1.82) is 0 Å². The molecule has 3 rings (SSSR count). The first-order valence-electron chi connectivity index (χ1n) is 9.71. The standard InChI is InChI=1S/C22H19Cl2N3O6S/c1-34(31,32)15-4-5-16(19(24)11-15)22(29)26-13-2-6-18(23)17(10-13)20-7-3-14(12-25-20)33-9-8-21(28)27-30/h2-7,10-12,30H,8-9H2,1H3,(H,26,29)(H,27,28). The Labute approximate surface area is 205 Å². The Bertz CT molecular complexity index is 1330. The molecule has 2 aromatic carbocycles. The summed E-state index contributed by atoms with van der Waals surface area (Å²) in [4.78, 5) is 28.0. The summed E-state index contributed by atoms with van der Waals surface area (Å²) >= 11 is 12.4. The maximum atomic E-state index is 12.7. The second-order valence-electron chi connectivity index (χ2n) is 7.08. The molecule has 34 heavy (non-hydrogen) atoms. The molecule has 2 amide bonds. The average Bonchev–Trinajstić information content (AvgIpc) is 2.80. The van der Waals surface area contributed by atoms with E-state index in [1.165, 1.54) is 29.9 Å². The third-order valence-electron chi connectivity index (χ3n) is 4.57. The van der Waals surface area contributed by atoms with Crippen LogP contribution >= 0.6 is 23.2 Å². The number of pyridine rings is 1. The zero-order chi connectivity index (χ0) is 24.9. The molecule has 0 bridgehead atoms. The number of anilines is 1. The van der Waals surface area contributed by atoms with E-state index in [4.69, 9.17) is 33.1 Å². The second-order valence-corrected chi connectivity index (χ2v) is 9.91. The van der Waals surface area contributed by atoms with E-state index in [2.05, 4.69) is 10.3 Å². The average molecular weight is 524 g/mol. The van der Waals surface area contributed by atoms with Crippen LogP contribution in [0, 0.1) is 0 Å². The topological polar surface area (TPSA) is 135 Å². The number of halogens is 2. The molecule has 0 aliphatic rings. The Hall–Kier alpha value is -3.18. The minimum absolute atomic E-state index is 0.00309. The number of nitrogens with zero attached hydrogens (tertiary/aromatic N) is 1. The summed E-state index contributed by atoms with van der Waals surface area (Å²) in [6.45, 7) is 0.0589. The molecule has 3 N–H and O–H groups in total. The van der Waals surface area contributed by atoms with Crippen molar-refractivity contribution in [2.75, 3.05) is 18.2 Å². The molecule has 0 aliphatic carbocycles. The van der Waals surface area contributed by atoms with Gasteiger partial charge in [-0.25, -0.2) is 13.9 Å². The molecular formula is C22H19Cl2N3O6S. The lowest BCUT2D eigenvalue weighted by Gasteiger charge is -2.11. The van der Waals surface area contributed by atoms with Crippen LogP contribution in [0.3, 0.4) is 0 Å². The molecule has 0 aliphatic heterocycles. The van der Waals surface area contributed by atoms with Gasteiger partial charge < -0.3 is 10.1 Å². The molecule has 3 aromatic rings. The summed E-state index contributed by atoms with van der Waals surface area (Å²) in [5, 5.41) is 11.6. The van der Waals surface area contributed by atoms with Gasteiger partial charge in [-0.3, -0.25) is 19.8 Å². The van der Waals surface area contributed by atoms with Crippen molar-refractivity contribution in [2.24, 2.45) is 0 Å². The van der Waals surface area contributed by atoms with Gasteiger partial charge in [0.15, 0.2) is 9.84 Å². The van der Waals surface area contributed by atoms with Gasteiger partial charge >= 0.3 is 0 Å². The van der Waals surface area contributed by atoms with Gasteiger partial charge in [0.1, 0.15) is 5.75 Å². The van der Waals surface area contributed by atoms with Gasteiger partial charge in [-0.15, -0.1) is 0 Å². The zero-order valence-corrected chi connectivity index (χ0v) is 20.0. The fourth-order valence-electron chi connectivity index (χ4n) is 2.85. The van der Waals surface area contributed by atoms with Crippen molar-refractivity contribution < 1.29 is 28.0 Å². The van der Waals surface area contributed by atoms with E-state index in [1.807, 2.05) is 0 Å². The van der Waals surface area contributed by atoms with Gasteiger partial charge in [-0.2, -0.15) is 0 Å². The first kappa shape index (κ1) is 25.4. The van der Waals surface area contributed by atoms with Crippen molar-refractivity contribution in [1.82, 2.24) is 10.5 Å². The van der Waals surface area contributed by atoms with E-state index in [-0.39, 0.29) is 28.5 Å². The van der Waals surface area contributed by atoms with Crippen molar-refractivity contribution in [2.45, 2.75) is 11.3 Å². The first-order valence-corrected chi connectivity index (χ1v) is 12.4. The lowest BCUT2D eigenvalue weighted by Crippen LogP contribution is -2.20. The molecule has 0 unspecified atom stereocenters. The van der Waals surface area contributed by atoms with E-state index in [1.54, 1.807) is 30.3 Å². The molecule has 0 saturated heterocycles. The molecule has 0 fully saturated rings. The monoisotopic (exact) mass is 523 g/mol. The summed E-state index contributed by atoms with van der Waals surface area (Å²) in [5.74, 6) is -0.674. The normalized spacial score (nSPS) is 11.1. The SMILES string of the molecule is CS(=O)(=O)c1ccc(C(=O)Nc2ccc(Cl)c(-c3ccc(OCCC(=O)NO)cn3)c2)c(Cl)c1. The van der Waals surface area contributed by atoms with Crippen molar-refractivity contribution in [3.8, 4) is 17.0 Å². The van der Waals surface area contributed by atoms with Crippen molar-refractivity contribution in [3.63, 3.8) is 0 Å². The number of aromatic nitrogens is 1. The number of ether oxygens (including phenoxy) is 1. The molecule has 178 valence electrons. The minimum Gasteiger partial charge on any atom is -0.491 e. The number of carbonyl (C=O) groups is 2. The smallest absolute Gasteiger partial charge is 0.257 e. The second kappa shape index (κ2) is 10.8. The third kappa shape index (κ3) is 6.45. The lowest BCUT2D eigenvalue weighted by atomic mass is 10.1. The number of hydrogen-bond donors (Lipinski definition) is 3. The molecule has 0 saturated carbocycles. The molecule has 1 aromatic heterocycles. The van der Waals surface area contributed by atoms with E-state index in [0.717, 1.165) is 6.26 Å². The van der Waals surface area contributed by atoms with Crippen LogP contribution in [0.25, 0.3) is 11.3 Å². The Balaban J connectivity index is 1.75. The number of hydroxylamine groups is 1. The predicted octanol–water partition coefficient (Wildman–Crippen LogP) is 3.99. The summed E-state index contributed by atoms with van der Waals surface area (Å²) < 4.78 is 28.7. The van der Waals surface area contributed by atoms with Crippen LogP contribution in [0.1, 0.15) is 16.8 Å². The van der Waals surface area contributed by atoms with Gasteiger partial charge in [0.25, 0.3) is 5.91 Å². The summed E-state index contributed by atoms with van der Waals surface area (Å²) in [6, 6.07) is 12.0. The predicted molar refractivity (Wildman–Crippen MR) is 127 cm³/mol. The Morgan fingerprint density at radius 3 is 2.44 bits per heavy atom. The van der Waals surface area contributed by atoms with Crippen LogP contribution in [0.2, 0.25) is 10.0 Å². The number of benzene rings is 2. The summed E-state index contributed by atoms with van der Waals surface area (Å²) in [5.41, 5.74) is 3.11. The van der Waals surface area contributed by atoms with Crippen LogP contribution in [0.15, 0.2) is 59.6 Å². The molecule has 0 atom stereocenters. The Morgan fingerprint density at radius 2 is 1.82 bits per heavy atom. The highest BCUT2D eigenvalue weighted by atomic mass is 35.5. The molecule has 0 radical (unpaired) electrons. The van der Waals surface area contributed by atoms with E-state index in [9.17, 15) is 18.0 Å². The van der Waals surface area contributed by atoms with Gasteiger partial charge in [0.05, 0.1) is 45.4 Å². The van der Waals surface area contributed by atoms with Gasteiger partial charge in [-0.05, 0) is 48.5 Å². The van der Waals surface area contributed by atoms with Crippen LogP contribution in [-0.2, 0) is 14.6 Å². The highest BCUT2D eigenvalue weighted by Gasteiger charge is 2.16. The Kier molecular flexibility index (Phi) is 8.11. The number of amides is 2. The number of hydrogen-bond acceptors (Lipinski definition) is 7.